The number of phenols is 1. The average molecular weight is 377 g/mol. The first-order valence-electron chi connectivity index (χ1n) is 8.86. The van der Waals surface area contributed by atoms with Crippen molar-refractivity contribution < 1.29 is 9.84 Å². The van der Waals surface area contributed by atoms with Crippen LogP contribution in [0.4, 0.5) is 0 Å². The standard InChI is InChI=1S/C22H17ClN2O2/c23-15-10-11-21-17(12-15)19-13-18(14-6-2-1-3-7-14)24-25(19)22(27-21)16-8-4-5-9-20(16)26/h1-12,19,22,26H,13H2/t19-,22+/m0/s1. The zero-order chi connectivity index (χ0) is 18.4. The summed E-state index contributed by atoms with van der Waals surface area (Å²) in [6.45, 7) is 0. The van der Waals surface area contributed by atoms with Gasteiger partial charge in [0.1, 0.15) is 11.5 Å². The SMILES string of the molecule is Oc1ccccc1[C@H]1Oc2ccc(Cl)cc2[C@@H]2CC(c3ccccc3)=NN12. The van der Waals surface area contributed by atoms with E-state index in [2.05, 4.69) is 12.1 Å². The molecule has 5 heteroatoms. The van der Waals surface area contributed by atoms with Gasteiger partial charge in [-0.05, 0) is 35.9 Å². The molecule has 0 aliphatic carbocycles. The molecule has 4 nitrogen and oxygen atoms in total. The van der Waals surface area contributed by atoms with Crippen molar-refractivity contribution in [3.63, 3.8) is 0 Å². The molecule has 2 aliphatic rings. The summed E-state index contributed by atoms with van der Waals surface area (Å²) in [5.41, 5.74) is 3.80. The Kier molecular flexibility index (Phi) is 3.80. The second-order valence-electron chi connectivity index (χ2n) is 6.72. The van der Waals surface area contributed by atoms with Crippen molar-refractivity contribution in [2.45, 2.75) is 18.7 Å². The lowest BCUT2D eigenvalue weighted by Crippen LogP contribution is -2.33. The molecule has 0 saturated carbocycles. The average Bonchev–Trinajstić information content (AvgIpc) is 3.15. The molecule has 0 fully saturated rings. The van der Waals surface area contributed by atoms with E-state index in [9.17, 15) is 5.11 Å². The number of hydrogen-bond acceptors (Lipinski definition) is 4. The first-order chi connectivity index (χ1) is 13.2. The summed E-state index contributed by atoms with van der Waals surface area (Å²) in [6, 6.07) is 23.0. The lowest BCUT2D eigenvalue weighted by Gasteiger charge is -2.38. The number of nitrogens with zero attached hydrogens (tertiary/aromatic N) is 2. The Morgan fingerprint density at radius 1 is 0.963 bits per heavy atom. The van der Waals surface area contributed by atoms with Crippen molar-refractivity contribution in [1.29, 1.82) is 0 Å². The van der Waals surface area contributed by atoms with Gasteiger partial charge in [0, 0.05) is 17.0 Å². The zero-order valence-corrected chi connectivity index (χ0v) is 15.2. The van der Waals surface area contributed by atoms with Crippen molar-refractivity contribution in [1.82, 2.24) is 5.01 Å². The van der Waals surface area contributed by atoms with Gasteiger partial charge in [0.05, 0.1) is 17.3 Å². The molecule has 0 radical (unpaired) electrons. The lowest BCUT2D eigenvalue weighted by atomic mass is 9.96. The van der Waals surface area contributed by atoms with E-state index < -0.39 is 6.23 Å². The van der Waals surface area contributed by atoms with E-state index in [-0.39, 0.29) is 11.8 Å². The Hall–Kier alpha value is -2.98. The summed E-state index contributed by atoms with van der Waals surface area (Å²) in [5, 5.41) is 17.9. The van der Waals surface area contributed by atoms with Crippen LogP contribution < -0.4 is 4.74 Å². The van der Waals surface area contributed by atoms with Crippen LogP contribution in [0.15, 0.2) is 77.9 Å². The van der Waals surface area contributed by atoms with Gasteiger partial charge in [-0.1, -0.05) is 54.1 Å². The fourth-order valence-corrected chi connectivity index (χ4v) is 3.95. The van der Waals surface area contributed by atoms with Crippen molar-refractivity contribution >= 4 is 17.3 Å². The highest BCUT2D eigenvalue weighted by Crippen LogP contribution is 2.49. The third-order valence-corrected chi connectivity index (χ3v) is 5.30. The minimum absolute atomic E-state index is 0.00672. The van der Waals surface area contributed by atoms with E-state index in [1.807, 2.05) is 53.5 Å². The fraction of sp³-hybridized carbons (Fsp3) is 0.136. The van der Waals surface area contributed by atoms with Crippen LogP contribution >= 0.6 is 11.6 Å². The maximum absolute atomic E-state index is 10.4. The molecular weight excluding hydrogens is 360 g/mol. The van der Waals surface area contributed by atoms with Crippen LogP contribution in [-0.2, 0) is 0 Å². The second-order valence-corrected chi connectivity index (χ2v) is 7.16. The van der Waals surface area contributed by atoms with E-state index in [1.165, 1.54) is 0 Å². The number of ether oxygens (including phenoxy) is 1. The van der Waals surface area contributed by atoms with Gasteiger partial charge < -0.3 is 9.84 Å². The molecule has 5 rings (SSSR count). The van der Waals surface area contributed by atoms with Gasteiger partial charge in [-0.2, -0.15) is 5.10 Å². The maximum Gasteiger partial charge on any atom is 0.217 e. The molecule has 134 valence electrons. The highest BCUT2D eigenvalue weighted by Gasteiger charge is 2.41. The minimum atomic E-state index is -0.494. The molecule has 1 N–H and O–H groups in total. The zero-order valence-electron chi connectivity index (χ0n) is 14.4. The summed E-state index contributed by atoms with van der Waals surface area (Å²) in [6.07, 6.45) is 0.260. The number of rotatable bonds is 2. The predicted octanol–water partition coefficient (Wildman–Crippen LogP) is 5.29. The first kappa shape index (κ1) is 16.2. The number of hydrazone groups is 1. The number of para-hydroxylation sites is 1. The number of halogens is 1. The fourth-order valence-electron chi connectivity index (χ4n) is 3.76. The van der Waals surface area contributed by atoms with Gasteiger partial charge >= 0.3 is 0 Å². The predicted molar refractivity (Wildman–Crippen MR) is 105 cm³/mol. The summed E-state index contributed by atoms with van der Waals surface area (Å²) in [5.74, 6) is 0.973. The molecule has 2 aliphatic heterocycles. The molecule has 3 aromatic rings. The van der Waals surface area contributed by atoms with Crippen LogP contribution in [0.2, 0.25) is 5.02 Å². The monoisotopic (exact) mass is 376 g/mol. The summed E-state index contributed by atoms with van der Waals surface area (Å²) >= 11 is 6.25. The van der Waals surface area contributed by atoms with E-state index in [0.29, 0.717) is 10.6 Å². The first-order valence-corrected chi connectivity index (χ1v) is 9.24. The lowest BCUT2D eigenvalue weighted by molar-refractivity contribution is -0.0203. The van der Waals surface area contributed by atoms with Crippen LogP contribution in [-0.4, -0.2) is 15.8 Å². The topological polar surface area (TPSA) is 45.1 Å². The van der Waals surface area contributed by atoms with E-state index in [1.54, 1.807) is 12.1 Å². The minimum Gasteiger partial charge on any atom is -0.507 e. The largest absolute Gasteiger partial charge is 0.507 e. The van der Waals surface area contributed by atoms with Gasteiger partial charge in [-0.15, -0.1) is 0 Å². The van der Waals surface area contributed by atoms with Gasteiger partial charge in [-0.3, -0.25) is 0 Å². The van der Waals surface area contributed by atoms with Gasteiger partial charge in [0.25, 0.3) is 0 Å². The number of aromatic hydroxyl groups is 1. The molecule has 0 amide bonds. The molecule has 0 unspecified atom stereocenters. The molecule has 27 heavy (non-hydrogen) atoms. The van der Waals surface area contributed by atoms with Gasteiger partial charge in [0.2, 0.25) is 6.23 Å². The number of hydrogen-bond donors (Lipinski definition) is 1. The quantitative estimate of drug-likeness (QED) is 0.661. The smallest absolute Gasteiger partial charge is 0.217 e. The van der Waals surface area contributed by atoms with Crippen LogP contribution in [0.1, 0.15) is 35.4 Å². The molecule has 0 aromatic heterocycles. The summed E-state index contributed by atoms with van der Waals surface area (Å²) < 4.78 is 6.25. The van der Waals surface area contributed by atoms with Crippen LogP contribution in [0, 0.1) is 0 Å². The van der Waals surface area contributed by atoms with Gasteiger partial charge in [-0.25, -0.2) is 5.01 Å². The Bertz CT molecular complexity index is 1040. The Morgan fingerprint density at radius 3 is 2.56 bits per heavy atom. The molecule has 0 saturated heterocycles. The third kappa shape index (κ3) is 2.73. The van der Waals surface area contributed by atoms with Gasteiger partial charge in [0.15, 0.2) is 0 Å². The molecule has 0 spiro atoms. The van der Waals surface area contributed by atoms with Crippen LogP contribution in [0.5, 0.6) is 11.5 Å². The van der Waals surface area contributed by atoms with Crippen LogP contribution in [0.25, 0.3) is 0 Å². The second kappa shape index (κ2) is 6.32. The number of phenolic OH excluding ortho intramolecular Hbond substituents is 1. The normalized spacial score (nSPS) is 20.5. The summed E-state index contributed by atoms with van der Waals surface area (Å²) in [7, 11) is 0. The Balaban J connectivity index is 1.64. The highest BCUT2D eigenvalue weighted by atomic mass is 35.5. The van der Waals surface area contributed by atoms with E-state index in [4.69, 9.17) is 21.4 Å². The summed E-state index contributed by atoms with van der Waals surface area (Å²) in [4.78, 5) is 0. The Labute approximate surface area is 162 Å². The van der Waals surface area contributed by atoms with E-state index in [0.717, 1.165) is 29.0 Å². The number of benzene rings is 3. The molecule has 2 atom stereocenters. The highest BCUT2D eigenvalue weighted by molar-refractivity contribution is 6.30. The molecule has 0 bridgehead atoms. The third-order valence-electron chi connectivity index (χ3n) is 5.06. The Morgan fingerprint density at radius 2 is 1.74 bits per heavy atom. The molecule has 2 heterocycles. The maximum atomic E-state index is 10.4. The molecule has 3 aromatic carbocycles. The van der Waals surface area contributed by atoms with Crippen molar-refractivity contribution in [2.24, 2.45) is 5.10 Å². The van der Waals surface area contributed by atoms with Crippen LogP contribution in [0.3, 0.4) is 0 Å². The molecular formula is C22H17ClN2O2. The van der Waals surface area contributed by atoms with E-state index >= 15 is 0 Å². The van der Waals surface area contributed by atoms with Crippen molar-refractivity contribution in [3.8, 4) is 11.5 Å². The van der Waals surface area contributed by atoms with Crippen molar-refractivity contribution in [3.05, 3.63) is 94.5 Å². The number of fused-ring (bicyclic) bond motifs is 3. The van der Waals surface area contributed by atoms with Crippen molar-refractivity contribution in [2.75, 3.05) is 0 Å².